The van der Waals surface area contributed by atoms with Crippen molar-refractivity contribution >= 4 is 22.9 Å². The van der Waals surface area contributed by atoms with Crippen LogP contribution < -0.4 is 5.32 Å². The molecule has 2 aromatic heterocycles. The zero-order chi connectivity index (χ0) is 10.7. The molecule has 15 heavy (non-hydrogen) atoms. The van der Waals surface area contributed by atoms with Crippen LogP contribution in [0.15, 0.2) is 34.9 Å². The second kappa shape index (κ2) is 4.84. The van der Waals surface area contributed by atoms with E-state index in [9.17, 15) is 0 Å². The molecular formula is C11H12ClNOS. The summed E-state index contributed by atoms with van der Waals surface area (Å²) in [6, 6.07) is 8.05. The van der Waals surface area contributed by atoms with Gasteiger partial charge >= 0.3 is 0 Å². The van der Waals surface area contributed by atoms with Crippen molar-refractivity contribution in [2.45, 2.75) is 19.5 Å². The normalized spacial score (nSPS) is 12.9. The number of hydrogen-bond acceptors (Lipinski definition) is 3. The number of thiophene rings is 1. The van der Waals surface area contributed by atoms with Crippen LogP contribution in [0.25, 0.3) is 0 Å². The highest BCUT2D eigenvalue weighted by Crippen LogP contribution is 2.22. The van der Waals surface area contributed by atoms with Gasteiger partial charge in [-0.25, -0.2) is 0 Å². The smallest absolute Gasteiger partial charge is 0.120 e. The fraction of sp³-hybridized carbons (Fsp3) is 0.273. The Hall–Kier alpha value is -0.770. The fourth-order valence-corrected chi connectivity index (χ4v) is 2.38. The molecule has 2 aromatic rings. The van der Waals surface area contributed by atoms with Crippen LogP contribution in [0.3, 0.4) is 0 Å². The molecule has 4 heteroatoms. The van der Waals surface area contributed by atoms with Gasteiger partial charge in [0, 0.05) is 11.4 Å². The second-order valence-electron chi connectivity index (χ2n) is 3.32. The summed E-state index contributed by atoms with van der Waals surface area (Å²) in [6.07, 6.45) is 1.69. The van der Waals surface area contributed by atoms with Gasteiger partial charge in [0.1, 0.15) is 5.76 Å². The lowest BCUT2D eigenvalue weighted by atomic mass is 10.2. The van der Waals surface area contributed by atoms with Crippen LogP contribution in [0.1, 0.15) is 23.6 Å². The van der Waals surface area contributed by atoms with Gasteiger partial charge < -0.3 is 9.73 Å². The lowest BCUT2D eigenvalue weighted by Crippen LogP contribution is -2.16. The average Bonchev–Trinajstić information content (AvgIpc) is 2.84. The third-order valence-corrected chi connectivity index (χ3v) is 3.41. The van der Waals surface area contributed by atoms with Crippen molar-refractivity contribution in [2.24, 2.45) is 0 Å². The van der Waals surface area contributed by atoms with E-state index in [1.54, 1.807) is 17.6 Å². The van der Waals surface area contributed by atoms with Crippen molar-refractivity contribution in [3.63, 3.8) is 0 Å². The number of furan rings is 1. The average molecular weight is 242 g/mol. The van der Waals surface area contributed by atoms with E-state index in [-0.39, 0.29) is 6.04 Å². The molecule has 1 unspecified atom stereocenters. The van der Waals surface area contributed by atoms with Crippen LogP contribution in [0, 0.1) is 0 Å². The molecule has 0 bridgehead atoms. The molecule has 0 aliphatic heterocycles. The topological polar surface area (TPSA) is 25.2 Å². The molecule has 0 radical (unpaired) electrons. The van der Waals surface area contributed by atoms with Gasteiger partial charge in [-0.2, -0.15) is 0 Å². The Morgan fingerprint density at radius 1 is 1.47 bits per heavy atom. The quantitative estimate of drug-likeness (QED) is 0.880. The fourth-order valence-electron chi connectivity index (χ4n) is 1.34. The standard InChI is InChI=1S/C11H12ClNOS/c1-8(10-3-2-6-14-10)13-7-9-4-5-11(12)15-9/h2-6,8,13H,7H2,1H3. The zero-order valence-electron chi connectivity index (χ0n) is 8.37. The summed E-state index contributed by atoms with van der Waals surface area (Å²) >= 11 is 7.45. The Balaban J connectivity index is 1.88. The molecule has 80 valence electrons. The van der Waals surface area contributed by atoms with Gasteiger partial charge in [0.05, 0.1) is 16.6 Å². The van der Waals surface area contributed by atoms with E-state index >= 15 is 0 Å². The lowest BCUT2D eigenvalue weighted by Gasteiger charge is -2.09. The van der Waals surface area contributed by atoms with Gasteiger partial charge in [0.2, 0.25) is 0 Å². The molecule has 0 fully saturated rings. The van der Waals surface area contributed by atoms with Crippen molar-refractivity contribution in [1.82, 2.24) is 5.32 Å². The molecule has 0 spiro atoms. The lowest BCUT2D eigenvalue weighted by molar-refractivity contribution is 0.431. The van der Waals surface area contributed by atoms with Crippen LogP contribution >= 0.6 is 22.9 Å². The van der Waals surface area contributed by atoms with Gasteiger partial charge in [-0.05, 0) is 31.2 Å². The minimum atomic E-state index is 0.223. The van der Waals surface area contributed by atoms with Gasteiger partial charge in [-0.15, -0.1) is 11.3 Å². The second-order valence-corrected chi connectivity index (χ2v) is 5.12. The Morgan fingerprint density at radius 3 is 2.93 bits per heavy atom. The van der Waals surface area contributed by atoms with E-state index in [0.717, 1.165) is 16.6 Å². The van der Waals surface area contributed by atoms with Crippen LogP contribution in [0.5, 0.6) is 0 Å². The molecule has 0 saturated heterocycles. The molecule has 2 nitrogen and oxygen atoms in total. The van der Waals surface area contributed by atoms with Crippen molar-refractivity contribution < 1.29 is 4.42 Å². The van der Waals surface area contributed by atoms with Crippen molar-refractivity contribution in [3.05, 3.63) is 45.5 Å². The Bertz CT molecular complexity index is 410. The van der Waals surface area contributed by atoms with E-state index in [2.05, 4.69) is 12.2 Å². The summed E-state index contributed by atoms with van der Waals surface area (Å²) in [7, 11) is 0. The monoisotopic (exact) mass is 241 g/mol. The van der Waals surface area contributed by atoms with E-state index in [4.69, 9.17) is 16.0 Å². The van der Waals surface area contributed by atoms with E-state index in [0.29, 0.717) is 0 Å². The first-order valence-electron chi connectivity index (χ1n) is 4.76. The van der Waals surface area contributed by atoms with Gasteiger partial charge in [0.25, 0.3) is 0 Å². The van der Waals surface area contributed by atoms with Crippen molar-refractivity contribution in [3.8, 4) is 0 Å². The summed E-state index contributed by atoms with van der Waals surface area (Å²) in [5.74, 6) is 0.956. The highest BCUT2D eigenvalue weighted by atomic mass is 35.5. The third kappa shape index (κ3) is 2.84. The van der Waals surface area contributed by atoms with Gasteiger partial charge in [0.15, 0.2) is 0 Å². The zero-order valence-corrected chi connectivity index (χ0v) is 9.94. The molecule has 1 N–H and O–H groups in total. The number of hydrogen-bond donors (Lipinski definition) is 1. The maximum Gasteiger partial charge on any atom is 0.120 e. The first kappa shape index (κ1) is 10.7. The van der Waals surface area contributed by atoms with Gasteiger partial charge in [-0.3, -0.25) is 0 Å². The molecule has 1 atom stereocenters. The minimum Gasteiger partial charge on any atom is -0.468 e. The molecule has 0 aliphatic rings. The first-order valence-corrected chi connectivity index (χ1v) is 5.96. The van der Waals surface area contributed by atoms with Gasteiger partial charge in [-0.1, -0.05) is 11.6 Å². The minimum absolute atomic E-state index is 0.223. The molecule has 0 aromatic carbocycles. The van der Waals surface area contributed by atoms with E-state index < -0.39 is 0 Å². The van der Waals surface area contributed by atoms with Crippen molar-refractivity contribution in [2.75, 3.05) is 0 Å². The third-order valence-electron chi connectivity index (χ3n) is 2.18. The summed E-state index contributed by atoms with van der Waals surface area (Å²) in [5, 5.41) is 3.37. The maximum atomic E-state index is 5.85. The number of halogens is 1. The Morgan fingerprint density at radius 2 is 2.33 bits per heavy atom. The summed E-state index contributed by atoms with van der Waals surface area (Å²) in [6.45, 7) is 2.90. The highest BCUT2D eigenvalue weighted by molar-refractivity contribution is 7.16. The molecule has 0 saturated carbocycles. The molecular weight excluding hydrogens is 230 g/mol. The molecule has 0 aliphatic carbocycles. The van der Waals surface area contributed by atoms with E-state index in [1.807, 2.05) is 24.3 Å². The van der Waals surface area contributed by atoms with Crippen LogP contribution in [-0.4, -0.2) is 0 Å². The first-order chi connectivity index (χ1) is 7.25. The molecule has 2 heterocycles. The summed E-state index contributed by atoms with van der Waals surface area (Å²) < 4.78 is 6.13. The Kier molecular flexibility index (Phi) is 3.46. The predicted molar refractivity (Wildman–Crippen MR) is 63.3 cm³/mol. The number of nitrogens with one attached hydrogen (secondary N) is 1. The SMILES string of the molecule is CC(NCc1ccc(Cl)s1)c1ccco1. The van der Waals surface area contributed by atoms with Crippen LogP contribution in [-0.2, 0) is 6.54 Å². The molecule has 0 amide bonds. The van der Waals surface area contributed by atoms with Crippen LogP contribution in [0.2, 0.25) is 4.34 Å². The summed E-state index contributed by atoms with van der Waals surface area (Å²) in [4.78, 5) is 1.23. The molecule has 2 rings (SSSR count). The van der Waals surface area contributed by atoms with Crippen molar-refractivity contribution in [1.29, 1.82) is 0 Å². The number of rotatable bonds is 4. The summed E-state index contributed by atoms with van der Waals surface area (Å²) in [5.41, 5.74) is 0. The maximum absolute atomic E-state index is 5.85. The Labute approximate surface area is 97.9 Å². The van der Waals surface area contributed by atoms with E-state index in [1.165, 1.54) is 4.88 Å². The van der Waals surface area contributed by atoms with Crippen LogP contribution in [0.4, 0.5) is 0 Å². The highest BCUT2D eigenvalue weighted by Gasteiger charge is 2.07. The largest absolute Gasteiger partial charge is 0.468 e. The predicted octanol–water partition coefficient (Wildman–Crippen LogP) is 3.85.